The largest absolute Gasteiger partial charge is 0.492 e. The standard InChI is InChI=1S/C18H25N3O3.3ClH/c1-13-5-2-3-7-16(13)23-10-9-21-11-14(22)12-24-17-8-4-6-15(19)18(17)20;;;/h2-8,14,21-22H,9-12,19-20H2,1H3;3*1H. The molecule has 0 spiro atoms. The lowest BCUT2D eigenvalue weighted by atomic mass is 10.2. The second-order valence-electron chi connectivity index (χ2n) is 5.54. The zero-order valence-electron chi connectivity index (χ0n) is 15.1. The van der Waals surface area contributed by atoms with Crippen LogP contribution in [0.2, 0.25) is 0 Å². The van der Waals surface area contributed by atoms with E-state index in [-0.39, 0.29) is 43.8 Å². The van der Waals surface area contributed by atoms with Crippen LogP contribution in [0.1, 0.15) is 5.56 Å². The van der Waals surface area contributed by atoms with E-state index in [4.69, 9.17) is 20.9 Å². The molecule has 0 radical (unpaired) electrons. The molecule has 1 atom stereocenters. The van der Waals surface area contributed by atoms with E-state index >= 15 is 0 Å². The maximum absolute atomic E-state index is 9.93. The number of aryl methyl sites for hydroxylation is 1. The predicted molar refractivity (Wildman–Crippen MR) is 118 cm³/mol. The van der Waals surface area contributed by atoms with Gasteiger partial charge in [0.1, 0.15) is 30.8 Å². The molecule has 2 rings (SSSR count). The van der Waals surface area contributed by atoms with Crippen molar-refractivity contribution in [2.24, 2.45) is 0 Å². The van der Waals surface area contributed by atoms with Crippen molar-refractivity contribution in [3.63, 3.8) is 0 Å². The number of aliphatic hydroxyl groups is 1. The van der Waals surface area contributed by atoms with Crippen LogP contribution in [-0.4, -0.2) is 37.5 Å². The van der Waals surface area contributed by atoms with Crippen molar-refractivity contribution in [3.05, 3.63) is 48.0 Å². The third-order valence-electron chi connectivity index (χ3n) is 3.54. The molecule has 0 saturated heterocycles. The van der Waals surface area contributed by atoms with E-state index in [1.165, 1.54) is 0 Å². The highest BCUT2D eigenvalue weighted by Crippen LogP contribution is 2.26. The van der Waals surface area contributed by atoms with Gasteiger partial charge in [-0.05, 0) is 30.7 Å². The van der Waals surface area contributed by atoms with Crippen LogP contribution in [0.5, 0.6) is 11.5 Å². The van der Waals surface area contributed by atoms with Crippen molar-refractivity contribution >= 4 is 48.6 Å². The van der Waals surface area contributed by atoms with Gasteiger partial charge in [-0.25, -0.2) is 0 Å². The van der Waals surface area contributed by atoms with E-state index in [0.29, 0.717) is 36.8 Å². The Bertz CT molecular complexity index is 663. The highest BCUT2D eigenvalue weighted by Gasteiger charge is 2.08. The van der Waals surface area contributed by atoms with Gasteiger partial charge in [0.15, 0.2) is 0 Å². The average Bonchev–Trinajstić information content (AvgIpc) is 2.57. The van der Waals surface area contributed by atoms with E-state index in [1.807, 2.05) is 31.2 Å². The lowest BCUT2D eigenvalue weighted by Crippen LogP contribution is -2.33. The summed E-state index contributed by atoms with van der Waals surface area (Å²) in [6, 6.07) is 13.0. The van der Waals surface area contributed by atoms with Gasteiger partial charge in [0.25, 0.3) is 0 Å². The third kappa shape index (κ3) is 9.26. The van der Waals surface area contributed by atoms with Gasteiger partial charge in [-0.3, -0.25) is 0 Å². The average molecular weight is 441 g/mol. The third-order valence-corrected chi connectivity index (χ3v) is 3.54. The molecule has 2 aromatic rings. The summed E-state index contributed by atoms with van der Waals surface area (Å²) in [6.45, 7) is 3.71. The van der Waals surface area contributed by atoms with E-state index in [9.17, 15) is 5.11 Å². The van der Waals surface area contributed by atoms with E-state index in [2.05, 4.69) is 5.32 Å². The van der Waals surface area contributed by atoms with Crippen molar-refractivity contribution in [1.29, 1.82) is 0 Å². The Hall–Kier alpha value is -1.57. The van der Waals surface area contributed by atoms with Gasteiger partial charge < -0.3 is 31.4 Å². The molecule has 2 aromatic carbocycles. The van der Waals surface area contributed by atoms with Crippen LogP contribution in [0.15, 0.2) is 42.5 Å². The molecular weight excluding hydrogens is 413 g/mol. The fourth-order valence-corrected chi connectivity index (χ4v) is 2.15. The minimum absolute atomic E-state index is 0. The van der Waals surface area contributed by atoms with Crippen LogP contribution in [0.4, 0.5) is 11.4 Å². The number of hydrogen-bond donors (Lipinski definition) is 4. The molecule has 0 aromatic heterocycles. The summed E-state index contributed by atoms with van der Waals surface area (Å²) >= 11 is 0. The summed E-state index contributed by atoms with van der Waals surface area (Å²) in [5.41, 5.74) is 13.5. The molecule has 6 nitrogen and oxygen atoms in total. The Morgan fingerprint density at radius 2 is 1.63 bits per heavy atom. The molecule has 0 bridgehead atoms. The number of aliphatic hydroxyl groups excluding tert-OH is 1. The molecule has 1 unspecified atom stereocenters. The summed E-state index contributed by atoms with van der Waals surface area (Å²) in [5.74, 6) is 1.36. The number of anilines is 2. The topological polar surface area (TPSA) is 103 Å². The molecule has 0 aliphatic carbocycles. The van der Waals surface area contributed by atoms with Gasteiger partial charge in [-0.2, -0.15) is 0 Å². The highest BCUT2D eigenvalue weighted by molar-refractivity contribution is 5.86. The Kier molecular flexibility index (Phi) is 14.8. The minimum atomic E-state index is -0.649. The summed E-state index contributed by atoms with van der Waals surface area (Å²) in [5, 5.41) is 13.1. The molecule has 0 fully saturated rings. The summed E-state index contributed by atoms with van der Waals surface area (Å²) < 4.78 is 11.2. The quantitative estimate of drug-likeness (QED) is 0.353. The molecule has 0 amide bonds. The van der Waals surface area contributed by atoms with Crippen molar-refractivity contribution < 1.29 is 14.6 Å². The highest BCUT2D eigenvalue weighted by atomic mass is 35.5. The maximum atomic E-state index is 9.93. The van der Waals surface area contributed by atoms with Crippen LogP contribution in [-0.2, 0) is 0 Å². The number of ether oxygens (including phenoxy) is 2. The van der Waals surface area contributed by atoms with Crippen molar-refractivity contribution in [2.75, 3.05) is 37.8 Å². The lowest BCUT2D eigenvalue weighted by molar-refractivity contribution is 0.106. The number of benzene rings is 2. The minimum Gasteiger partial charge on any atom is -0.492 e. The van der Waals surface area contributed by atoms with Crippen molar-refractivity contribution in [1.82, 2.24) is 5.32 Å². The summed E-state index contributed by atoms with van der Waals surface area (Å²) in [4.78, 5) is 0. The normalized spacial score (nSPS) is 10.6. The first-order valence-electron chi connectivity index (χ1n) is 7.92. The molecular formula is C18H28Cl3N3O3. The van der Waals surface area contributed by atoms with E-state index in [0.717, 1.165) is 11.3 Å². The lowest BCUT2D eigenvalue weighted by Gasteiger charge is -2.15. The first kappa shape index (κ1) is 27.6. The molecule has 9 heteroatoms. The number of para-hydroxylation sites is 2. The van der Waals surface area contributed by atoms with E-state index in [1.54, 1.807) is 18.2 Å². The Labute approximate surface area is 178 Å². The first-order chi connectivity index (χ1) is 11.6. The number of nitrogens with two attached hydrogens (primary N) is 2. The van der Waals surface area contributed by atoms with Crippen LogP contribution < -0.4 is 26.3 Å². The fourth-order valence-electron chi connectivity index (χ4n) is 2.15. The number of rotatable bonds is 9. The van der Waals surface area contributed by atoms with Gasteiger partial charge in [0, 0.05) is 13.1 Å². The van der Waals surface area contributed by atoms with Gasteiger partial charge in [0.05, 0.1) is 11.4 Å². The Balaban J connectivity index is 0. The summed E-state index contributed by atoms with van der Waals surface area (Å²) in [7, 11) is 0. The van der Waals surface area contributed by atoms with Gasteiger partial charge in [-0.1, -0.05) is 24.3 Å². The van der Waals surface area contributed by atoms with Crippen molar-refractivity contribution in [2.45, 2.75) is 13.0 Å². The van der Waals surface area contributed by atoms with Gasteiger partial charge in [-0.15, -0.1) is 37.2 Å². The number of nitrogen functional groups attached to an aromatic ring is 2. The van der Waals surface area contributed by atoms with Gasteiger partial charge in [0.2, 0.25) is 0 Å². The zero-order valence-corrected chi connectivity index (χ0v) is 17.5. The second-order valence-corrected chi connectivity index (χ2v) is 5.54. The molecule has 0 heterocycles. The fraction of sp³-hybridized carbons (Fsp3) is 0.333. The first-order valence-corrected chi connectivity index (χ1v) is 7.92. The van der Waals surface area contributed by atoms with Gasteiger partial charge >= 0.3 is 0 Å². The molecule has 0 saturated carbocycles. The predicted octanol–water partition coefficient (Wildman–Crippen LogP) is 2.83. The number of halogens is 3. The molecule has 6 N–H and O–H groups in total. The maximum Gasteiger partial charge on any atom is 0.144 e. The number of nitrogens with one attached hydrogen (secondary N) is 1. The number of hydrogen-bond acceptors (Lipinski definition) is 6. The molecule has 154 valence electrons. The van der Waals surface area contributed by atoms with Crippen LogP contribution in [0.25, 0.3) is 0 Å². The molecule has 27 heavy (non-hydrogen) atoms. The van der Waals surface area contributed by atoms with Crippen LogP contribution in [0, 0.1) is 6.92 Å². The smallest absolute Gasteiger partial charge is 0.144 e. The van der Waals surface area contributed by atoms with E-state index < -0.39 is 6.10 Å². The zero-order chi connectivity index (χ0) is 17.4. The van der Waals surface area contributed by atoms with Crippen molar-refractivity contribution in [3.8, 4) is 11.5 Å². The van der Waals surface area contributed by atoms with Crippen LogP contribution >= 0.6 is 37.2 Å². The SMILES string of the molecule is Cc1ccccc1OCCNCC(O)COc1cccc(N)c1N.Cl.Cl.Cl. The monoisotopic (exact) mass is 439 g/mol. The second kappa shape index (κ2) is 14.5. The van der Waals surface area contributed by atoms with Crippen LogP contribution in [0.3, 0.4) is 0 Å². The molecule has 0 aliphatic rings. The summed E-state index contributed by atoms with van der Waals surface area (Å²) in [6.07, 6.45) is -0.649. The Morgan fingerprint density at radius 3 is 2.33 bits per heavy atom. The molecule has 0 aliphatic heterocycles. The Morgan fingerprint density at radius 1 is 0.963 bits per heavy atom.